The number of rotatable bonds is 3. The monoisotopic (exact) mass is 316 g/mol. The lowest BCUT2D eigenvalue weighted by molar-refractivity contribution is 0.600. The van der Waals surface area contributed by atoms with Gasteiger partial charge in [0.1, 0.15) is 0 Å². The zero-order valence-corrected chi connectivity index (χ0v) is 13.3. The van der Waals surface area contributed by atoms with Crippen molar-refractivity contribution in [2.24, 2.45) is 0 Å². The second-order valence-corrected chi connectivity index (χ2v) is 6.95. The van der Waals surface area contributed by atoms with Gasteiger partial charge < -0.3 is 4.98 Å². The zero-order valence-electron chi connectivity index (χ0n) is 12.5. The Labute approximate surface area is 128 Å². The summed E-state index contributed by atoms with van der Waals surface area (Å²) in [6.07, 6.45) is 2.98. The number of nitrogens with one attached hydrogen (secondary N) is 2. The van der Waals surface area contributed by atoms with Crippen LogP contribution in [0.1, 0.15) is 16.7 Å². The van der Waals surface area contributed by atoms with Crippen molar-refractivity contribution in [3.8, 4) is 0 Å². The molecule has 2 heterocycles. The van der Waals surface area contributed by atoms with Crippen LogP contribution in [-0.2, 0) is 10.0 Å². The summed E-state index contributed by atoms with van der Waals surface area (Å²) in [7, 11) is -3.67. The lowest BCUT2D eigenvalue weighted by atomic mass is 10.1. The van der Waals surface area contributed by atoms with Gasteiger partial charge in [-0.3, -0.25) is 4.72 Å². The van der Waals surface area contributed by atoms with E-state index in [2.05, 4.69) is 19.7 Å². The second-order valence-electron chi connectivity index (χ2n) is 5.33. The molecule has 0 aliphatic heterocycles. The Bertz CT molecular complexity index is 938. The maximum atomic E-state index is 12.7. The Morgan fingerprint density at radius 3 is 2.41 bits per heavy atom. The van der Waals surface area contributed by atoms with Crippen molar-refractivity contribution in [2.45, 2.75) is 25.7 Å². The first-order valence-electron chi connectivity index (χ1n) is 6.76. The molecule has 3 rings (SSSR count). The van der Waals surface area contributed by atoms with Crippen molar-refractivity contribution >= 4 is 26.9 Å². The molecule has 0 saturated heterocycles. The molecular formula is C15H16N4O2S. The van der Waals surface area contributed by atoms with E-state index in [1.165, 1.54) is 12.5 Å². The minimum atomic E-state index is -3.67. The summed E-state index contributed by atoms with van der Waals surface area (Å²) in [5.74, 6) is 0. The van der Waals surface area contributed by atoms with Gasteiger partial charge in [-0.15, -0.1) is 0 Å². The number of H-pyrrole nitrogens is 1. The smallest absolute Gasteiger partial charge is 0.262 e. The number of hydrogen-bond acceptors (Lipinski definition) is 4. The van der Waals surface area contributed by atoms with Crippen LogP contribution in [0, 0.1) is 20.8 Å². The van der Waals surface area contributed by atoms with Gasteiger partial charge in [-0.25, -0.2) is 18.4 Å². The number of anilines is 1. The highest BCUT2D eigenvalue weighted by atomic mass is 32.2. The van der Waals surface area contributed by atoms with Crippen LogP contribution in [0.5, 0.6) is 0 Å². The third kappa shape index (κ3) is 2.55. The standard InChI is InChI=1S/C15H16N4O2S/c1-9-4-10(2)14(11(3)5-9)22(20,21)19-12-6-13-15(16-7-12)18-8-17-13/h4-8,19H,1-3H3,(H,16,17,18). The molecule has 7 heteroatoms. The molecule has 0 amide bonds. The van der Waals surface area contributed by atoms with Crippen LogP contribution in [0.25, 0.3) is 11.2 Å². The fraction of sp³-hybridized carbons (Fsp3) is 0.200. The van der Waals surface area contributed by atoms with Gasteiger partial charge in [0, 0.05) is 0 Å². The van der Waals surface area contributed by atoms with Crippen molar-refractivity contribution in [1.29, 1.82) is 0 Å². The van der Waals surface area contributed by atoms with E-state index in [9.17, 15) is 8.42 Å². The van der Waals surface area contributed by atoms with Crippen LogP contribution in [0.3, 0.4) is 0 Å². The molecule has 114 valence electrons. The summed E-state index contributed by atoms with van der Waals surface area (Å²) < 4.78 is 27.9. The molecule has 0 aliphatic rings. The molecular weight excluding hydrogens is 300 g/mol. The number of benzene rings is 1. The summed E-state index contributed by atoms with van der Waals surface area (Å²) in [5, 5.41) is 0. The summed E-state index contributed by atoms with van der Waals surface area (Å²) in [5.41, 5.74) is 4.11. The minimum Gasteiger partial charge on any atom is -0.343 e. The number of imidazole rings is 1. The van der Waals surface area contributed by atoms with Gasteiger partial charge in [-0.05, 0) is 38.0 Å². The molecule has 0 atom stereocenters. The Morgan fingerprint density at radius 1 is 1.05 bits per heavy atom. The van der Waals surface area contributed by atoms with Gasteiger partial charge in [0.25, 0.3) is 10.0 Å². The van der Waals surface area contributed by atoms with Gasteiger partial charge in [0.2, 0.25) is 0 Å². The van der Waals surface area contributed by atoms with Crippen molar-refractivity contribution in [1.82, 2.24) is 15.0 Å². The predicted molar refractivity (Wildman–Crippen MR) is 85.4 cm³/mol. The first kappa shape index (κ1) is 14.5. The fourth-order valence-corrected chi connectivity index (χ4v) is 4.17. The molecule has 0 fully saturated rings. The van der Waals surface area contributed by atoms with Gasteiger partial charge >= 0.3 is 0 Å². The molecule has 3 aromatic rings. The number of aromatic nitrogens is 3. The average Bonchev–Trinajstić information content (AvgIpc) is 2.83. The molecule has 0 spiro atoms. The SMILES string of the molecule is Cc1cc(C)c(S(=O)(=O)Nc2cnc3nc[nH]c3c2)c(C)c1. The van der Waals surface area contributed by atoms with E-state index in [0.717, 1.165) is 16.7 Å². The second kappa shape index (κ2) is 5.10. The van der Waals surface area contributed by atoms with Crippen LogP contribution in [0.15, 0.2) is 35.6 Å². The number of fused-ring (bicyclic) bond motifs is 1. The highest BCUT2D eigenvalue weighted by Gasteiger charge is 2.20. The van der Waals surface area contributed by atoms with E-state index in [0.29, 0.717) is 21.7 Å². The molecule has 1 aromatic carbocycles. The topological polar surface area (TPSA) is 87.7 Å². The molecule has 2 N–H and O–H groups in total. The van der Waals surface area contributed by atoms with Crippen molar-refractivity contribution in [2.75, 3.05) is 4.72 Å². The van der Waals surface area contributed by atoms with Crippen LogP contribution in [0.2, 0.25) is 0 Å². The maximum Gasteiger partial charge on any atom is 0.262 e. The summed E-state index contributed by atoms with van der Waals surface area (Å²) in [6, 6.07) is 5.39. The molecule has 0 aliphatic carbocycles. The maximum absolute atomic E-state index is 12.7. The van der Waals surface area contributed by atoms with Crippen LogP contribution < -0.4 is 4.72 Å². The van der Waals surface area contributed by atoms with Crippen molar-refractivity contribution in [3.05, 3.63) is 47.4 Å². The Morgan fingerprint density at radius 2 is 1.73 bits per heavy atom. The van der Waals surface area contributed by atoms with Crippen molar-refractivity contribution < 1.29 is 8.42 Å². The number of aromatic amines is 1. The van der Waals surface area contributed by atoms with Gasteiger partial charge in [0.15, 0.2) is 5.65 Å². The van der Waals surface area contributed by atoms with E-state index in [4.69, 9.17) is 0 Å². The molecule has 0 radical (unpaired) electrons. The van der Waals surface area contributed by atoms with E-state index in [-0.39, 0.29) is 0 Å². The average molecular weight is 316 g/mol. The molecule has 2 aromatic heterocycles. The third-order valence-corrected chi connectivity index (χ3v) is 5.08. The summed E-state index contributed by atoms with van der Waals surface area (Å²) in [6.45, 7) is 5.54. The Balaban J connectivity index is 2.03. The lowest BCUT2D eigenvalue weighted by Crippen LogP contribution is -2.16. The number of nitrogens with zero attached hydrogens (tertiary/aromatic N) is 2. The number of pyridine rings is 1. The minimum absolute atomic E-state index is 0.308. The highest BCUT2D eigenvalue weighted by molar-refractivity contribution is 7.92. The predicted octanol–water partition coefficient (Wildman–Crippen LogP) is 2.68. The number of sulfonamides is 1. The number of aryl methyl sites for hydroxylation is 3. The van der Waals surface area contributed by atoms with Gasteiger partial charge in [0.05, 0.1) is 28.6 Å². The molecule has 6 nitrogen and oxygen atoms in total. The molecule has 0 bridgehead atoms. The Kier molecular flexibility index (Phi) is 3.37. The molecule has 22 heavy (non-hydrogen) atoms. The lowest BCUT2D eigenvalue weighted by Gasteiger charge is -2.13. The van der Waals surface area contributed by atoms with E-state index in [1.807, 2.05) is 19.1 Å². The van der Waals surface area contributed by atoms with E-state index >= 15 is 0 Å². The fourth-order valence-electron chi connectivity index (χ4n) is 2.68. The van der Waals surface area contributed by atoms with Crippen LogP contribution in [0.4, 0.5) is 5.69 Å². The van der Waals surface area contributed by atoms with Crippen LogP contribution in [-0.4, -0.2) is 23.4 Å². The molecule has 0 unspecified atom stereocenters. The summed E-state index contributed by atoms with van der Waals surface area (Å²) >= 11 is 0. The van der Waals surface area contributed by atoms with Crippen LogP contribution >= 0.6 is 0 Å². The zero-order chi connectivity index (χ0) is 15.9. The quantitative estimate of drug-likeness (QED) is 0.777. The van der Waals surface area contributed by atoms with Gasteiger partial charge in [-0.2, -0.15) is 0 Å². The van der Waals surface area contributed by atoms with Crippen molar-refractivity contribution in [3.63, 3.8) is 0 Å². The van der Waals surface area contributed by atoms with Gasteiger partial charge in [-0.1, -0.05) is 17.7 Å². The Hall–Kier alpha value is -2.41. The normalized spacial score (nSPS) is 11.8. The third-order valence-electron chi connectivity index (χ3n) is 3.40. The molecule has 0 saturated carbocycles. The number of hydrogen-bond donors (Lipinski definition) is 2. The largest absolute Gasteiger partial charge is 0.343 e. The first-order chi connectivity index (χ1) is 10.4. The first-order valence-corrected chi connectivity index (χ1v) is 8.25. The van der Waals surface area contributed by atoms with E-state index in [1.54, 1.807) is 19.9 Å². The summed E-state index contributed by atoms with van der Waals surface area (Å²) in [4.78, 5) is 11.3. The highest BCUT2D eigenvalue weighted by Crippen LogP contribution is 2.24. The van der Waals surface area contributed by atoms with E-state index < -0.39 is 10.0 Å².